The predicted molar refractivity (Wildman–Crippen MR) is 96.5 cm³/mol. The van der Waals surface area contributed by atoms with Crippen LogP contribution in [0.3, 0.4) is 0 Å². The Balaban J connectivity index is 1.42. The number of likely N-dealkylation sites (tertiary alicyclic amines) is 1. The van der Waals surface area contributed by atoms with E-state index in [-0.39, 0.29) is 6.10 Å². The predicted octanol–water partition coefficient (Wildman–Crippen LogP) is 2.20. The van der Waals surface area contributed by atoms with Gasteiger partial charge in [-0.3, -0.25) is 0 Å². The Morgan fingerprint density at radius 2 is 1.96 bits per heavy atom. The molecule has 1 atom stereocenters. The van der Waals surface area contributed by atoms with Gasteiger partial charge in [-0.25, -0.2) is 15.0 Å². The van der Waals surface area contributed by atoms with Crippen LogP contribution in [0.2, 0.25) is 0 Å². The van der Waals surface area contributed by atoms with Crippen LogP contribution in [0.4, 0.5) is 5.95 Å². The van der Waals surface area contributed by atoms with Crippen LogP contribution in [0.1, 0.15) is 31.7 Å². The number of hydrogen-bond acceptors (Lipinski definition) is 6. The van der Waals surface area contributed by atoms with Crippen LogP contribution in [0.25, 0.3) is 11.4 Å². The normalized spacial score (nSPS) is 22.4. The highest BCUT2D eigenvalue weighted by molar-refractivity contribution is 5.54. The van der Waals surface area contributed by atoms with E-state index in [0.717, 1.165) is 63.3 Å². The van der Waals surface area contributed by atoms with E-state index in [1.54, 1.807) is 0 Å². The summed E-state index contributed by atoms with van der Waals surface area (Å²) < 4.78 is 7.90. The lowest BCUT2D eigenvalue weighted by Crippen LogP contribution is -2.31. The van der Waals surface area contributed by atoms with Crippen molar-refractivity contribution in [3.8, 4) is 11.4 Å². The highest BCUT2D eigenvalue weighted by Crippen LogP contribution is 2.27. The first-order chi connectivity index (χ1) is 12.3. The van der Waals surface area contributed by atoms with Gasteiger partial charge in [0.1, 0.15) is 5.82 Å². The maximum absolute atomic E-state index is 5.61. The van der Waals surface area contributed by atoms with Crippen molar-refractivity contribution in [3.63, 3.8) is 0 Å². The van der Waals surface area contributed by atoms with Gasteiger partial charge in [0.2, 0.25) is 5.95 Å². The molecule has 2 fully saturated rings. The van der Waals surface area contributed by atoms with E-state index >= 15 is 0 Å². The lowest BCUT2D eigenvalue weighted by Gasteiger charge is -2.30. The Morgan fingerprint density at radius 3 is 2.68 bits per heavy atom. The molecule has 2 aromatic rings. The average Bonchev–Trinajstić information content (AvgIpc) is 3.33. The van der Waals surface area contributed by atoms with Gasteiger partial charge in [-0.05, 0) is 45.8 Å². The Kier molecular flexibility index (Phi) is 4.94. The first-order valence-corrected chi connectivity index (χ1v) is 9.19. The van der Waals surface area contributed by atoms with Gasteiger partial charge < -0.3 is 19.5 Å². The van der Waals surface area contributed by atoms with E-state index in [9.17, 15) is 0 Å². The van der Waals surface area contributed by atoms with Crippen molar-refractivity contribution in [1.82, 2.24) is 24.4 Å². The van der Waals surface area contributed by atoms with Crippen molar-refractivity contribution in [2.24, 2.45) is 0 Å². The Hall–Kier alpha value is -1.99. The maximum atomic E-state index is 5.61. The Bertz CT molecular complexity index is 671. The minimum Gasteiger partial charge on any atom is -0.376 e. The molecule has 4 heterocycles. The molecule has 0 saturated carbocycles. The molecular weight excluding hydrogens is 316 g/mol. The fourth-order valence-corrected chi connectivity index (χ4v) is 3.65. The summed E-state index contributed by atoms with van der Waals surface area (Å²) in [5, 5.41) is 3.26. The smallest absolute Gasteiger partial charge is 0.222 e. The van der Waals surface area contributed by atoms with Crippen LogP contribution in [0.5, 0.6) is 0 Å². The summed E-state index contributed by atoms with van der Waals surface area (Å²) in [7, 11) is 2.18. The van der Waals surface area contributed by atoms with Crippen molar-refractivity contribution >= 4 is 5.95 Å². The molecule has 0 bridgehead atoms. The fourth-order valence-electron chi connectivity index (χ4n) is 3.65. The van der Waals surface area contributed by atoms with Crippen molar-refractivity contribution in [2.75, 3.05) is 38.6 Å². The quantitative estimate of drug-likeness (QED) is 0.898. The molecule has 0 aromatic carbocycles. The van der Waals surface area contributed by atoms with Crippen LogP contribution < -0.4 is 5.32 Å². The van der Waals surface area contributed by atoms with Gasteiger partial charge in [0.05, 0.1) is 11.7 Å². The summed E-state index contributed by atoms with van der Waals surface area (Å²) in [6.07, 6.45) is 12.5. The third-order valence-electron chi connectivity index (χ3n) is 5.17. The molecule has 25 heavy (non-hydrogen) atoms. The van der Waals surface area contributed by atoms with Gasteiger partial charge in [-0.1, -0.05) is 0 Å². The monoisotopic (exact) mass is 342 g/mol. The third-order valence-corrected chi connectivity index (χ3v) is 5.17. The van der Waals surface area contributed by atoms with Crippen molar-refractivity contribution in [2.45, 2.75) is 37.8 Å². The molecule has 7 nitrogen and oxygen atoms in total. The molecule has 7 heteroatoms. The van der Waals surface area contributed by atoms with Gasteiger partial charge >= 0.3 is 0 Å². The summed E-state index contributed by atoms with van der Waals surface area (Å²) in [4.78, 5) is 15.8. The van der Waals surface area contributed by atoms with E-state index < -0.39 is 0 Å². The fraction of sp³-hybridized carbons (Fsp3) is 0.611. The van der Waals surface area contributed by atoms with E-state index in [1.807, 2.05) is 18.6 Å². The number of anilines is 1. The largest absolute Gasteiger partial charge is 0.376 e. The van der Waals surface area contributed by atoms with E-state index in [0.29, 0.717) is 12.0 Å². The third kappa shape index (κ3) is 3.82. The van der Waals surface area contributed by atoms with Crippen molar-refractivity contribution in [1.29, 1.82) is 0 Å². The standard InChI is InChI=1S/C18H26N6O/c1-23-7-4-15(5-8-23)24-9-6-19-17(24)14-11-20-18(21-12-14)22-13-16-3-2-10-25-16/h6,9,11-12,15-16H,2-5,7-8,10,13H2,1H3,(H,20,21,22). The Morgan fingerprint density at radius 1 is 1.16 bits per heavy atom. The van der Waals surface area contributed by atoms with E-state index in [1.165, 1.54) is 0 Å². The minimum absolute atomic E-state index is 0.284. The number of nitrogens with zero attached hydrogens (tertiary/aromatic N) is 5. The lowest BCUT2D eigenvalue weighted by molar-refractivity contribution is 0.120. The van der Waals surface area contributed by atoms with Crippen LogP contribution in [0.15, 0.2) is 24.8 Å². The molecule has 2 saturated heterocycles. The molecule has 2 aliphatic heterocycles. The lowest BCUT2D eigenvalue weighted by atomic mass is 10.1. The summed E-state index contributed by atoms with van der Waals surface area (Å²) in [5.74, 6) is 1.61. The number of aromatic nitrogens is 4. The summed E-state index contributed by atoms with van der Waals surface area (Å²) >= 11 is 0. The maximum Gasteiger partial charge on any atom is 0.222 e. The van der Waals surface area contributed by atoms with Crippen LogP contribution in [-0.2, 0) is 4.74 Å². The van der Waals surface area contributed by atoms with Gasteiger partial charge in [0.25, 0.3) is 0 Å². The SMILES string of the molecule is CN1CCC(n2ccnc2-c2cnc(NCC3CCCO3)nc2)CC1. The van der Waals surface area contributed by atoms with Gasteiger partial charge in [-0.15, -0.1) is 0 Å². The highest BCUT2D eigenvalue weighted by Gasteiger charge is 2.21. The van der Waals surface area contributed by atoms with Gasteiger partial charge in [-0.2, -0.15) is 0 Å². The molecule has 2 aromatic heterocycles. The van der Waals surface area contributed by atoms with E-state index in [4.69, 9.17) is 4.74 Å². The zero-order valence-corrected chi connectivity index (χ0v) is 14.8. The van der Waals surface area contributed by atoms with Crippen LogP contribution >= 0.6 is 0 Å². The number of imidazole rings is 1. The van der Waals surface area contributed by atoms with Crippen molar-refractivity contribution < 1.29 is 4.74 Å². The topological polar surface area (TPSA) is 68.1 Å². The second-order valence-electron chi connectivity index (χ2n) is 7.00. The zero-order valence-electron chi connectivity index (χ0n) is 14.8. The molecule has 0 amide bonds. The zero-order chi connectivity index (χ0) is 17.1. The van der Waals surface area contributed by atoms with E-state index in [2.05, 4.69) is 43.0 Å². The average molecular weight is 342 g/mol. The molecule has 1 N–H and O–H groups in total. The number of nitrogens with one attached hydrogen (secondary N) is 1. The second kappa shape index (κ2) is 7.49. The molecular formula is C18H26N6O. The summed E-state index contributed by atoms with van der Waals surface area (Å²) in [5.41, 5.74) is 0.964. The molecule has 4 rings (SSSR count). The first kappa shape index (κ1) is 16.5. The molecule has 134 valence electrons. The summed E-state index contributed by atoms with van der Waals surface area (Å²) in [6, 6.07) is 0.506. The molecule has 2 aliphatic rings. The second-order valence-corrected chi connectivity index (χ2v) is 7.00. The molecule has 1 unspecified atom stereocenters. The highest BCUT2D eigenvalue weighted by atomic mass is 16.5. The van der Waals surface area contributed by atoms with Crippen molar-refractivity contribution in [3.05, 3.63) is 24.8 Å². The Labute approximate surface area is 148 Å². The van der Waals surface area contributed by atoms with Crippen LogP contribution in [0, 0.1) is 0 Å². The minimum atomic E-state index is 0.284. The number of rotatable bonds is 5. The molecule has 0 radical (unpaired) electrons. The summed E-state index contributed by atoms with van der Waals surface area (Å²) in [6.45, 7) is 3.89. The number of ether oxygens (including phenoxy) is 1. The molecule has 0 aliphatic carbocycles. The number of hydrogen-bond donors (Lipinski definition) is 1. The van der Waals surface area contributed by atoms with Gasteiger partial charge in [0.15, 0.2) is 0 Å². The molecule has 0 spiro atoms. The first-order valence-electron chi connectivity index (χ1n) is 9.19. The van der Waals surface area contributed by atoms with Crippen LogP contribution in [-0.4, -0.2) is 63.8 Å². The van der Waals surface area contributed by atoms with Gasteiger partial charge in [0, 0.05) is 44.0 Å². The number of piperidine rings is 1.